The molecule has 7 rings (SSSR count). The lowest BCUT2D eigenvalue weighted by Crippen LogP contribution is -2.31. The number of para-hydroxylation sites is 4. The lowest BCUT2D eigenvalue weighted by Gasteiger charge is -2.43. The van der Waals surface area contributed by atoms with Crippen LogP contribution < -0.4 is 9.80 Å². The summed E-state index contributed by atoms with van der Waals surface area (Å²) in [5.74, 6) is 0. The predicted molar refractivity (Wildman–Crippen MR) is 165 cm³/mol. The third-order valence-corrected chi connectivity index (χ3v) is 7.99. The van der Waals surface area contributed by atoms with E-state index in [0.717, 1.165) is 11.4 Å². The summed E-state index contributed by atoms with van der Waals surface area (Å²) in [5.41, 5.74) is 9.57. The second-order valence-electron chi connectivity index (χ2n) is 10.7. The molecule has 0 saturated heterocycles. The summed E-state index contributed by atoms with van der Waals surface area (Å²) in [4.78, 5) is 4.85. The Labute approximate surface area is 230 Å². The molecule has 0 saturated carbocycles. The van der Waals surface area contributed by atoms with Gasteiger partial charge in [-0.05, 0) is 59.7 Å². The number of benzene rings is 6. The van der Waals surface area contributed by atoms with Crippen LogP contribution in [0.1, 0.15) is 25.0 Å². The first-order chi connectivity index (χ1) is 19.1. The Kier molecular flexibility index (Phi) is 5.49. The van der Waals surface area contributed by atoms with Crippen molar-refractivity contribution in [2.75, 3.05) is 9.80 Å². The number of nitrogens with zero attached hydrogens (tertiary/aromatic N) is 2. The van der Waals surface area contributed by atoms with E-state index in [1.54, 1.807) is 0 Å². The van der Waals surface area contributed by atoms with Crippen LogP contribution in [0.4, 0.5) is 34.1 Å². The monoisotopic (exact) mass is 502 g/mol. The van der Waals surface area contributed by atoms with Crippen molar-refractivity contribution in [3.63, 3.8) is 0 Å². The standard InChI is InChI=1S/C37H30N2/c1-37(2)32-24-14-15-25-34(32)39(29-20-10-5-11-21-29)36-31-23-13-12-22-30(31)35(26-33(36)37)38(27-16-6-3-7-17-27)28-18-8-4-9-19-28/h3-26H,1-2H3. The van der Waals surface area contributed by atoms with Gasteiger partial charge in [-0.3, -0.25) is 0 Å². The van der Waals surface area contributed by atoms with Crippen LogP contribution in [0.5, 0.6) is 0 Å². The number of hydrogen-bond donors (Lipinski definition) is 0. The SMILES string of the molecule is CC1(C)c2ccccc2N(c2ccccc2)c2c1cc(N(c1ccccc1)c1ccccc1)c1ccccc21. The lowest BCUT2D eigenvalue weighted by atomic mass is 9.72. The van der Waals surface area contributed by atoms with E-state index in [0.29, 0.717) is 0 Å². The minimum absolute atomic E-state index is 0.199. The number of hydrogen-bond acceptors (Lipinski definition) is 2. The fourth-order valence-corrected chi connectivity index (χ4v) is 6.13. The van der Waals surface area contributed by atoms with Crippen molar-refractivity contribution in [1.29, 1.82) is 0 Å². The lowest BCUT2D eigenvalue weighted by molar-refractivity contribution is 0.633. The average Bonchev–Trinajstić information content (AvgIpc) is 2.99. The smallest absolute Gasteiger partial charge is 0.0582 e. The van der Waals surface area contributed by atoms with E-state index in [1.807, 2.05) is 0 Å². The highest BCUT2D eigenvalue weighted by atomic mass is 15.2. The molecule has 39 heavy (non-hydrogen) atoms. The molecule has 2 heteroatoms. The van der Waals surface area contributed by atoms with E-state index in [-0.39, 0.29) is 5.41 Å². The van der Waals surface area contributed by atoms with Gasteiger partial charge in [-0.2, -0.15) is 0 Å². The predicted octanol–water partition coefficient (Wildman–Crippen LogP) is 10.4. The minimum atomic E-state index is -0.199. The van der Waals surface area contributed by atoms with Crippen LogP contribution in [0.25, 0.3) is 10.8 Å². The van der Waals surface area contributed by atoms with Gasteiger partial charge in [0.15, 0.2) is 0 Å². The summed E-state index contributed by atoms with van der Waals surface area (Å²) >= 11 is 0. The Morgan fingerprint density at radius 2 is 1.03 bits per heavy atom. The van der Waals surface area contributed by atoms with E-state index >= 15 is 0 Å². The maximum atomic E-state index is 2.46. The molecular weight excluding hydrogens is 472 g/mol. The van der Waals surface area contributed by atoms with Crippen LogP contribution in [-0.2, 0) is 5.41 Å². The first-order valence-corrected chi connectivity index (χ1v) is 13.6. The summed E-state index contributed by atoms with van der Waals surface area (Å²) in [5, 5.41) is 2.47. The number of anilines is 6. The molecule has 0 bridgehead atoms. The van der Waals surface area contributed by atoms with Gasteiger partial charge in [0.2, 0.25) is 0 Å². The number of fused-ring (bicyclic) bond motifs is 4. The molecule has 0 fully saturated rings. The topological polar surface area (TPSA) is 6.48 Å². The first-order valence-electron chi connectivity index (χ1n) is 13.6. The molecule has 188 valence electrons. The van der Waals surface area contributed by atoms with Crippen LogP contribution in [0.2, 0.25) is 0 Å². The maximum Gasteiger partial charge on any atom is 0.0582 e. The highest BCUT2D eigenvalue weighted by Gasteiger charge is 2.39. The van der Waals surface area contributed by atoms with Gasteiger partial charge >= 0.3 is 0 Å². The maximum absolute atomic E-state index is 2.46. The Hall–Kier alpha value is -4.82. The Balaban J connectivity index is 1.60. The molecule has 6 aromatic carbocycles. The Morgan fingerprint density at radius 1 is 0.513 bits per heavy atom. The Morgan fingerprint density at radius 3 is 1.67 bits per heavy atom. The molecular formula is C37H30N2. The van der Waals surface area contributed by atoms with E-state index in [2.05, 4.69) is 169 Å². The molecule has 0 atom stereocenters. The molecule has 1 aliphatic heterocycles. The summed E-state index contributed by atoms with van der Waals surface area (Å²) in [6.45, 7) is 4.72. The van der Waals surface area contributed by atoms with Crippen molar-refractivity contribution in [3.05, 3.63) is 157 Å². The largest absolute Gasteiger partial charge is 0.310 e. The molecule has 1 heterocycles. The normalized spacial score (nSPS) is 13.5. The fourth-order valence-electron chi connectivity index (χ4n) is 6.13. The average molecular weight is 503 g/mol. The molecule has 6 aromatic rings. The zero-order chi connectivity index (χ0) is 26.4. The van der Waals surface area contributed by atoms with Crippen molar-refractivity contribution in [3.8, 4) is 0 Å². The minimum Gasteiger partial charge on any atom is -0.310 e. The van der Waals surface area contributed by atoms with Crippen LogP contribution >= 0.6 is 0 Å². The quantitative estimate of drug-likeness (QED) is 0.236. The van der Waals surface area contributed by atoms with Crippen LogP contribution in [0, 0.1) is 0 Å². The van der Waals surface area contributed by atoms with Crippen molar-refractivity contribution >= 4 is 44.9 Å². The van der Waals surface area contributed by atoms with Gasteiger partial charge in [0, 0.05) is 33.2 Å². The van der Waals surface area contributed by atoms with Gasteiger partial charge in [-0.15, -0.1) is 0 Å². The van der Waals surface area contributed by atoms with Crippen LogP contribution in [0.15, 0.2) is 146 Å². The van der Waals surface area contributed by atoms with E-state index in [4.69, 9.17) is 0 Å². The molecule has 0 aliphatic carbocycles. The molecule has 1 aliphatic rings. The molecule has 0 amide bonds. The molecule has 2 nitrogen and oxygen atoms in total. The van der Waals surface area contributed by atoms with Crippen molar-refractivity contribution < 1.29 is 0 Å². The Bertz CT molecular complexity index is 1730. The summed E-state index contributed by atoms with van der Waals surface area (Å²) in [7, 11) is 0. The summed E-state index contributed by atoms with van der Waals surface area (Å²) < 4.78 is 0. The van der Waals surface area contributed by atoms with Gasteiger partial charge in [0.05, 0.1) is 17.1 Å². The molecule has 0 aromatic heterocycles. The van der Waals surface area contributed by atoms with Gasteiger partial charge < -0.3 is 9.80 Å². The third kappa shape index (κ3) is 3.72. The third-order valence-electron chi connectivity index (χ3n) is 7.99. The summed E-state index contributed by atoms with van der Waals surface area (Å²) in [6, 6.07) is 52.3. The van der Waals surface area contributed by atoms with Crippen molar-refractivity contribution in [2.45, 2.75) is 19.3 Å². The van der Waals surface area contributed by atoms with E-state index in [9.17, 15) is 0 Å². The van der Waals surface area contributed by atoms with E-state index in [1.165, 1.54) is 44.6 Å². The van der Waals surface area contributed by atoms with Gasteiger partial charge in [0.25, 0.3) is 0 Å². The highest BCUT2D eigenvalue weighted by Crippen LogP contribution is 2.56. The van der Waals surface area contributed by atoms with Crippen molar-refractivity contribution in [2.24, 2.45) is 0 Å². The van der Waals surface area contributed by atoms with Gasteiger partial charge in [-0.25, -0.2) is 0 Å². The van der Waals surface area contributed by atoms with Gasteiger partial charge in [0.1, 0.15) is 0 Å². The zero-order valence-corrected chi connectivity index (χ0v) is 22.3. The first kappa shape index (κ1) is 23.3. The second kappa shape index (κ2) is 9.18. The highest BCUT2D eigenvalue weighted by molar-refractivity contribution is 6.10. The van der Waals surface area contributed by atoms with Crippen LogP contribution in [-0.4, -0.2) is 0 Å². The van der Waals surface area contributed by atoms with E-state index < -0.39 is 0 Å². The molecule has 0 spiro atoms. The van der Waals surface area contributed by atoms with Gasteiger partial charge in [-0.1, -0.05) is 111 Å². The second-order valence-corrected chi connectivity index (χ2v) is 10.7. The zero-order valence-electron chi connectivity index (χ0n) is 22.3. The molecule has 0 unspecified atom stereocenters. The number of rotatable bonds is 4. The van der Waals surface area contributed by atoms with Crippen LogP contribution in [0.3, 0.4) is 0 Å². The van der Waals surface area contributed by atoms with Crippen molar-refractivity contribution in [1.82, 2.24) is 0 Å². The molecule has 0 N–H and O–H groups in total. The molecule has 0 radical (unpaired) electrons. The fraction of sp³-hybridized carbons (Fsp3) is 0.0811. The summed E-state index contributed by atoms with van der Waals surface area (Å²) in [6.07, 6.45) is 0.